The molecule has 0 radical (unpaired) electrons. The topological polar surface area (TPSA) is 134 Å². The van der Waals surface area contributed by atoms with Crippen LogP contribution in [-0.2, 0) is 19.1 Å². The number of carbonyl (C=O) groups is 2. The molecule has 4 aliphatic carbocycles. The Hall–Kier alpha value is -1.32. The van der Waals surface area contributed by atoms with Crippen molar-refractivity contribution >= 4 is 12.3 Å². The predicted molar refractivity (Wildman–Crippen MR) is 120 cm³/mol. The fraction of sp³-hybridized carbons (Fsp3) is 0.846. The SMILES string of the molecule is CC(C)C1=C[C@H]2C[C@]3(C=O)[C@@H]4CC[C@@H](C)[C@H]4C[C@@]2(CO[C@@H]2O[C@@H](C)[C@@H](O)[C@H](O)[C@H]2O)[C@]13C(=O)O. The zero-order chi connectivity index (χ0) is 24.8. The molecule has 12 atom stereocenters. The first-order chi connectivity index (χ1) is 16.0. The molecule has 0 aromatic carbocycles. The number of carboxylic acids is 1. The molecule has 1 aliphatic heterocycles. The minimum absolute atomic E-state index is 0.000517. The van der Waals surface area contributed by atoms with Gasteiger partial charge in [-0.05, 0) is 55.8 Å². The van der Waals surface area contributed by atoms with Crippen molar-refractivity contribution in [1.29, 1.82) is 0 Å². The van der Waals surface area contributed by atoms with E-state index < -0.39 is 52.9 Å². The quantitative estimate of drug-likeness (QED) is 0.335. The Morgan fingerprint density at radius 1 is 1.18 bits per heavy atom. The number of hydrogen-bond donors (Lipinski definition) is 4. The van der Waals surface area contributed by atoms with Gasteiger partial charge in [0, 0.05) is 5.41 Å². The van der Waals surface area contributed by atoms with E-state index in [1.165, 1.54) is 0 Å². The van der Waals surface area contributed by atoms with Gasteiger partial charge in [0.1, 0.15) is 30.0 Å². The number of hydrogen-bond acceptors (Lipinski definition) is 7. The molecule has 5 aliphatic rings. The Bertz CT molecular complexity index is 901. The number of fused-ring (bicyclic) bond motifs is 2. The summed E-state index contributed by atoms with van der Waals surface area (Å²) in [5.74, 6) is -0.472. The van der Waals surface area contributed by atoms with Gasteiger partial charge in [-0.15, -0.1) is 0 Å². The summed E-state index contributed by atoms with van der Waals surface area (Å²) in [5.41, 5.74) is -2.37. The van der Waals surface area contributed by atoms with Crippen molar-refractivity contribution in [3.8, 4) is 0 Å². The number of carbonyl (C=O) groups excluding carboxylic acids is 1. The monoisotopic (exact) mass is 478 g/mol. The third-order valence-corrected chi connectivity index (χ3v) is 10.4. The van der Waals surface area contributed by atoms with Crippen molar-refractivity contribution in [3.63, 3.8) is 0 Å². The molecule has 1 heterocycles. The molecule has 0 spiro atoms. The van der Waals surface area contributed by atoms with Crippen LogP contribution in [0.15, 0.2) is 11.6 Å². The molecule has 0 unspecified atom stereocenters. The molecule has 8 heteroatoms. The minimum atomic E-state index is -1.46. The molecule has 1 saturated heterocycles. The van der Waals surface area contributed by atoms with Gasteiger partial charge < -0.3 is 34.7 Å². The van der Waals surface area contributed by atoms with Gasteiger partial charge >= 0.3 is 5.97 Å². The summed E-state index contributed by atoms with van der Waals surface area (Å²) in [6.07, 6.45) is -0.0313. The molecular weight excluding hydrogens is 440 g/mol. The largest absolute Gasteiger partial charge is 0.481 e. The summed E-state index contributed by atoms with van der Waals surface area (Å²) >= 11 is 0. The molecule has 34 heavy (non-hydrogen) atoms. The lowest BCUT2D eigenvalue weighted by Gasteiger charge is -2.58. The van der Waals surface area contributed by atoms with Crippen molar-refractivity contribution in [2.75, 3.05) is 6.61 Å². The van der Waals surface area contributed by atoms with Crippen LogP contribution in [-0.4, -0.2) is 70.0 Å². The van der Waals surface area contributed by atoms with Gasteiger partial charge in [-0.25, -0.2) is 0 Å². The molecule has 3 saturated carbocycles. The molecule has 8 nitrogen and oxygen atoms in total. The van der Waals surface area contributed by atoms with Gasteiger partial charge in [0.05, 0.1) is 18.1 Å². The molecule has 4 bridgehead atoms. The zero-order valence-electron chi connectivity index (χ0n) is 20.4. The Morgan fingerprint density at radius 2 is 1.88 bits per heavy atom. The van der Waals surface area contributed by atoms with E-state index in [0.717, 1.165) is 24.7 Å². The second kappa shape index (κ2) is 7.84. The maximum Gasteiger partial charge on any atom is 0.315 e. The highest BCUT2D eigenvalue weighted by atomic mass is 16.7. The summed E-state index contributed by atoms with van der Waals surface area (Å²) in [6.45, 7) is 7.76. The lowest BCUT2D eigenvalue weighted by Crippen LogP contribution is -2.64. The second-order valence-electron chi connectivity index (χ2n) is 12.0. The van der Waals surface area contributed by atoms with Gasteiger partial charge in [-0.3, -0.25) is 4.79 Å². The lowest BCUT2D eigenvalue weighted by molar-refractivity contribution is -0.304. The van der Waals surface area contributed by atoms with E-state index in [2.05, 4.69) is 13.0 Å². The van der Waals surface area contributed by atoms with Gasteiger partial charge in [-0.2, -0.15) is 0 Å². The maximum absolute atomic E-state index is 13.4. The number of aliphatic hydroxyl groups is 3. The van der Waals surface area contributed by atoms with E-state index in [1.54, 1.807) is 6.92 Å². The minimum Gasteiger partial charge on any atom is -0.481 e. The normalized spacial score (nSPS) is 53.6. The van der Waals surface area contributed by atoms with Crippen LogP contribution >= 0.6 is 0 Å². The molecule has 4 fully saturated rings. The van der Waals surface area contributed by atoms with E-state index in [4.69, 9.17) is 9.47 Å². The van der Waals surface area contributed by atoms with Gasteiger partial charge in [0.25, 0.3) is 0 Å². The van der Waals surface area contributed by atoms with E-state index in [0.29, 0.717) is 18.8 Å². The van der Waals surface area contributed by atoms with Crippen molar-refractivity contribution in [2.24, 2.45) is 45.8 Å². The number of ether oxygens (including phenoxy) is 2. The standard InChI is InChI=1S/C26H38O8/c1-12(2)18-7-15-8-24(10-27)17-6-5-13(3)16(17)9-25(15,26(18,24)23(31)32)11-33-22-21(30)20(29)19(28)14(4)34-22/h7,10,12-17,19-22,28-30H,5-6,8-9,11H2,1-4H3,(H,31,32)/t13-,14+,15+,16-,17-,19-,20+,21-,22-,24+,25+,26+/m1/s1. The van der Waals surface area contributed by atoms with Crippen LogP contribution < -0.4 is 0 Å². The summed E-state index contributed by atoms with van der Waals surface area (Å²) in [7, 11) is 0. The van der Waals surface area contributed by atoms with Crippen molar-refractivity contribution in [1.82, 2.24) is 0 Å². The summed E-state index contributed by atoms with van der Waals surface area (Å²) in [4.78, 5) is 26.4. The predicted octanol–water partition coefficient (Wildman–Crippen LogP) is 1.76. The molecular formula is C26H38O8. The Morgan fingerprint density at radius 3 is 2.50 bits per heavy atom. The smallest absolute Gasteiger partial charge is 0.315 e. The van der Waals surface area contributed by atoms with E-state index in [9.17, 15) is 30.0 Å². The zero-order valence-corrected chi connectivity index (χ0v) is 20.4. The maximum atomic E-state index is 13.4. The Kier molecular flexibility index (Phi) is 5.62. The third-order valence-electron chi connectivity index (χ3n) is 10.4. The fourth-order valence-electron chi connectivity index (χ4n) is 9.02. The average molecular weight is 479 g/mol. The third kappa shape index (κ3) is 2.67. The van der Waals surface area contributed by atoms with Gasteiger partial charge in [0.2, 0.25) is 0 Å². The van der Waals surface area contributed by atoms with Crippen LogP contribution in [0.4, 0.5) is 0 Å². The summed E-state index contributed by atoms with van der Waals surface area (Å²) < 4.78 is 11.8. The highest BCUT2D eigenvalue weighted by Crippen LogP contribution is 2.82. The van der Waals surface area contributed by atoms with E-state index in [-0.39, 0.29) is 30.3 Å². The molecule has 5 rings (SSSR count). The second-order valence-corrected chi connectivity index (χ2v) is 12.0. The van der Waals surface area contributed by atoms with Crippen LogP contribution in [0.2, 0.25) is 0 Å². The van der Waals surface area contributed by atoms with E-state index >= 15 is 0 Å². The van der Waals surface area contributed by atoms with E-state index in [1.807, 2.05) is 13.8 Å². The molecule has 4 N–H and O–H groups in total. The highest BCUT2D eigenvalue weighted by Gasteiger charge is 2.84. The highest BCUT2D eigenvalue weighted by molar-refractivity contribution is 5.90. The van der Waals surface area contributed by atoms with Crippen LogP contribution in [0.1, 0.15) is 53.4 Å². The van der Waals surface area contributed by atoms with Crippen LogP contribution in [0.25, 0.3) is 0 Å². The van der Waals surface area contributed by atoms with Crippen LogP contribution in [0, 0.1) is 45.8 Å². The first-order valence-corrected chi connectivity index (χ1v) is 12.7. The van der Waals surface area contributed by atoms with Crippen molar-refractivity contribution in [2.45, 2.75) is 84.1 Å². The van der Waals surface area contributed by atoms with Crippen molar-refractivity contribution < 1.29 is 39.5 Å². The molecule has 0 aromatic rings. The van der Waals surface area contributed by atoms with Crippen molar-refractivity contribution in [3.05, 3.63) is 11.6 Å². The summed E-state index contributed by atoms with van der Waals surface area (Å²) in [5, 5.41) is 41.8. The molecule has 190 valence electrons. The van der Waals surface area contributed by atoms with Crippen LogP contribution in [0.3, 0.4) is 0 Å². The number of carboxylic acid groups (broad SMARTS) is 1. The first-order valence-electron chi connectivity index (χ1n) is 12.7. The average Bonchev–Trinajstić information content (AvgIpc) is 3.36. The van der Waals surface area contributed by atoms with Crippen LogP contribution in [0.5, 0.6) is 0 Å². The fourth-order valence-corrected chi connectivity index (χ4v) is 9.02. The van der Waals surface area contributed by atoms with Gasteiger partial charge in [0.15, 0.2) is 6.29 Å². The Labute approximate surface area is 200 Å². The molecule has 0 aromatic heterocycles. The number of aliphatic hydroxyl groups excluding tert-OH is 3. The first kappa shape index (κ1) is 24.4. The Balaban J connectivity index is 1.59. The number of aliphatic carboxylic acids is 1. The number of allylic oxidation sites excluding steroid dienone is 1. The summed E-state index contributed by atoms with van der Waals surface area (Å²) in [6, 6.07) is 0. The van der Waals surface area contributed by atoms with Gasteiger partial charge in [-0.1, -0.05) is 38.8 Å². The lowest BCUT2D eigenvalue weighted by atomic mass is 9.43. The number of rotatable bonds is 6. The number of aldehydes is 1. The molecule has 0 amide bonds.